The molecule has 0 bridgehead atoms. The van der Waals surface area contributed by atoms with E-state index in [-0.39, 0.29) is 24.5 Å². The fourth-order valence-corrected chi connectivity index (χ4v) is 4.17. The van der Waals surface area contributed by atoms with Crippen molar-refractivity contribution >= 4 is 17.4 Å². The van der Waals surface area contributed by atoms with Gasteiger partial charge in [0.05, 0.1) is 17.3 Å². The third-order valence-electron chi connectivity index (χ3n) is 5.30. The van der Waals surface area contributed by atoms with Crippen LogP contribution in [-0.2, 0) is 15.8 Å². The van der Waals surface area contributed by atoms with E-state index < -0.39 is 23.3 Å². The molecule has 0 N–H and O–H groups in total. The summed E-state index contributed by atoms with van der Waals surface area (Å²) in [6, 6.07) is 3.00. The van der Waals surface area contributed by atoms with Gasteiger partial charge in [-0.2, -0.15) is 18.2 Å². The smallest absolute Gasteiger partial charge is 0.300 e. The van der Waals surface area contributed by atoms with E-state index in [0.29, 0.717) is 23.2 Å². The van der Waals surface area contributed by atoms with E-state index in [1.165, 1.54) is 13.0 Å². The fraction of sp³-hybridized carbons (Fsp3) is 0.524. The average Bonchev–Trinajstić information content (AvgIpc) is 2.81. The predicted octanol–water partition coefficient (Wildman–Crippen LogP) is 5.11. The van der Waals surface area contributed by atoms with Crippen LogP contribution in [0.3, 0.4) is 0 Å². The Hall–Kier alpha value is -2.15. The molecule has 1 atom stereocenters. The second-order valence-corrected chi connectivity index (χ2v) is 8.14. The van der Waals surface area contributed by atoms with E-state index in [1.807, 2.05) is 26.8 Å². The topological polar surface area (TPSA) is 40.6 Å². The molecule has 1 aromatic carbocycles. The minimum absolute atomic E-state index is 0.0442. The molecule has 1 amide bonds. The number of Topliss-reactive ketones (excluding diaryl/α,β-unsaturated/α-hetero) is 1. The van der Waals surface area contributed by atoms with Gasteiger partial charge in [0.25, 0.3) is 0 Å². The Labute approximate surface area is 163 Å². The van der Waals surface area contributed by atoms with E-state index in [1.54, 1.807) is 10.0 Å². The molecular formula is C21H25F3N2O2. The van der Waals surface area contributed by atoms with Gasteiger partial charge in [-0.15, -0.1) is 0 Å². The SMILES string of the molecule is CCC/C=C1/c2ccc(C(F)(F)F)cc2C(CC(C)=O)N2N1C(=O)CC2(C)C. The maximum absolute atomic E-state index is 13.4. The van der Waals surface area contributed by atoms with Crippen molar-refractivity contribution in [2.45, 2.75) is 71.1 Å². The van der Waals surface area contributed by atoms with Gasteiger partial charge in [0.2, 0.25) is 5.91 Å². The fourth-order valence-electron chi connectivity index (χ4n) is 4.17. The Bertz CT molecular complexity index is 843. The van der Waals surface area contributed by atoms with Crippen LogP contribution in [0.4, 0.5) is 13.2 Å². The zero-order valence-electron chi connectivity index (χ0n) is 16.6. The molecule has 2 heterocycles. The van der Waals surface area contributed by atoms with E-state index in [2.05, 4.69) is 0 Å². The molecule has 0 aliphatic carbocycles. The van der Waals surface area contributed by atoms with E-state index in [0.717, 1.165) is 18.6 Å². The number of rotatable bonds is 4. The van der Waals surface area contributed by atoms with Gasteiger partial charge >= 0.3 is 6.18 Å². The average molecular weight is 394 g/mol. The molecule has 0 aromatic heterocycles. The van der Waals surface area contributed by atoms with Crippen molar-refractivity contribution in [3.8, 4) is 0 Å². The Morgan fingerprint density at radius 3 is 2.57 bits per heavy atom. The number of hydrogen-bond acceptors (Lipinski definition) is 3. The second-order valence-electron chi connectivity index (χ2n) is 8.14. The summed E-state index contributed by atoms with van der Waals surface area (Å²) < 4.78 is 40.1. The molecule has 0 spiro atoms. The monoisotopic (exact) mass is 394 g/mol. The molecule has 1 saturated heterocycles. The number of ketones is 1. The molecule has 4 nitrogen and oxygen atoms in total. The highest BCUT2D eigenvalue weighted by Gasteiger charge is 2.52. The molecule has 2 aliphatic rings. The zero-order chi connectivity index (χ0) is 20.9. The van der Waals surface area contributed by atoms with Crippen molar-refractivity contribution in [1.29, 1.82) is 0 Å². The number of hydrazine groups is 1. The summed E-state index contributed by atoms with van der Waals surface area (Å²) in [5.74, 6) is -0.240. The van der Waals surface area contributed by atoms with Gasteiger partial charge in [-0.05, 0) is 44.9 Å². The Kier molecular flexibility index (Phi) is 5.17. The molecule has 0 radical (unpaired) electrons. The van der Waals surface area contributed by atoms with E-state index in [4.69, 9.17) is 0 Å². The van der Waals surface area contributed by atoms with Gasteiger partial charge in [0.1, 0.15) is 5.78 Å². The maximum atomic E-state index is 13.4. The van der Waals surface area contributed by atoms with Crippen molar-refractivity contribution in [1.82, 2.24) is 10.0 Å². The number of fused-ring (bicyclic) bond motifs is 2. The molecule has 152 valence electrons. The van der Waals surface area contributed by atoms with Gasteiger partial charge in [0.15, 0.2) is 0 Å². The van der Waals surface area contributed by atoms with Crippen LogP contribution in [0.5, 0.6) is 0 Å². The number of allylic oxidation sites excluding steroid dienone is 1. The minimum atomic E-state index is -4.48. The molecule has 2 aliphatic heterocycles. The normalized spacial score (nSPS) is 23.1. The molecule has 7 heteroatoms. The summed E-state index contributed by atoms with van der Waals surface area (Å²) in [6.45, 7) is 7.19. The largest absolute Gasteiger partial charge is 0.416 e. The Balaban J connectivity index is 2.27. The van der Waals surface area contributed by atoms with Gasteiger partial charge in [-0.1, -0.05) is 25.5 Å². The summed E-state index contributed by atoms with van der Waals surface area (Å²) >= 11 is 0. The number of halogens is 3. The molecule has 1 unspecified atom stereocenters. The number of hydrogen-bond donors (Lipinski definition) is 0. The van der Waals surface area contributed by atoms with Crippen LogP contribution in [0.2, 0.25) is 0 Å². The summed E-state index contributed by atoms with van der Waals surface area (Å²) in [4.78, 5) is 24.8. The lowest BCUT2D eigenvalue weighted by Gasteiger charge is -2.47. The summed E-state index contributed by atoms with van der Waals surface area (Å²) in [5.41, 5.74) is 0.308. The highest BCUT2D eigenvalue weighted by molar-refractivity contribution is 5.91. The van der Waals surface area contributed by atoms with E-state index >= 15 is 0 Å². The molecule has 0 saturated carbocycles. The second kappa shape index (κ2) is 7.03. The molecular weight excluding hydrogens is 369 g/mol. The van der Waals surface area contributed by atoms with Crippen molar-refractivity contribution in [3.63, 3.8) is 0 Å². The first-order valence-electron chi connectivity index (χ1n) is 9.50. The lowest BCUT2D eigenvalue weighted by atomic mass is 9.88. The minimum Gasteiger partial charge on any atom is -0.300 e. The highest BCUT2D eigenvalue weighted by Crippen LogP contribution is 2.50. The van der Waals surface area contributed by atoms with Gasteiger partial charge in [0, 0.05) is 23.9 Å². The lowest BCUT2D eigenvalue weighted by molar-refractivity contribution is -0.140. The lowest BCUT2D eigenvalue weighted by Crippen LogP contribution is -2.51. The van der Waals surface area contributed by atoms with Crippen LogP contribution in [0.1, 0.15) is 76.1 Å². The first kappa shape index (κ1) is 20.6. The molecule has 1 aromatic rings. The highest BCUT2D eigenvalue weighted by atomic mass is 19.4. The third kappa shape index (κ3) is 3.48. The van der Waals surface area contributed by atoms with Crippen LogP contribution in [0.15, 0.2) is 24.3 Å². The number of nitrogens with zero attached hydrogens (tertiary/aromatic N) is 2. The standard InChI is InChI=1S/C21H25F3N2O2/c1-5-6-7-17-15-9-8-14(21(22,23)24)11-16(15)18(10-13(2)27)26-20(3,4)12-19(28)25(17)26/h7-9,11,18H,5-6,10,12H2,1-4H3/b17-7-. The van der Waals surface area contributed by atoms with Gasteiger partial charge in [-0.3, -0.25) is 9.59 Å². The van der Waals surface area contributed by atoms with Crippen LogP contribution in [0, 0.1) is 0 Å². The summed E-state index contributed by atoms with van der Waals surface area (Å²) in [7, 11) is 0. The number of unbranched alkanes of at least 4 members (excludes halogenated alkanes) is 1. The van der Waals surface area contributed by atoms with Crippen LogP contribution in [-0.4, -0.2) is 27.2 Å². The van der Waals surface area contributed by atoms with Crippen molar-refractivity contribution < 1.29 is 22.8 Å². The summed E-state index contributed by atoms with van der Waals surface area (Å²) in [5, 5.41) is 3.39. The van der Waals surface area contributed by atoms with Crippen LogP contribution < -0.4 is 0 Å². The zero-order valence-corrected chi connectivity index (χ0v) is 16.6. The maximum Gasteiger partial charge on any atom is 0.416 e. The van der Waals surface area contributed by atoms with Crippen molar-refractivity contribution in [2.24, 2.45) is 0 Å². The third-order valence-corrected chi connectivity index (χ3v) is 5.30. The predicted molar refractivity (Wildman–Crippen MR) is 99.7 cm³/mol. The number of carbonyl (C=O) groups excluding carboxylic acids is 2. The number of carbonyl (C=O) groups is 2. The van der Waals surface area contributed by atoms with Gasteiger partial charge < -0.3 is 0 Å². The summed E-state index contributed by atoms with van der Waals surface area (Å²) in [6.07, 6.45) is -0.737. The first-order valence-corrected chi connectivity index (χ1v) is 9.50. The molecule has 3 rings (SSSR count). The number of alkyl halides is 3. The van der Waals surface area contributed by atoms with Gasteiger partial charge in [-0.25, -0.2) is 5.01 Å². The van der Waals surface area contributed by atoms with Crippen molar-refractivity contribution in [3.05, 3.63) is 41.0 Å². The number of amides is 1. The van der Waals surface area contributed by atoms with Crippen LogP contribution >= 0.6 is 0 Å². The Morgan fingerprint density at radius 1 is 1.32 bits per heavy atom. The first-order chi connectivity index (χ1) is 13.0. The quantitative estimate of drug-likeness (QED) is 0.713. The molecule has 28 heavy (non-hydrogen) atoms. The van der Waals surface area contributed by atoms with Crippen LogP contribution in [0.25, 0.3) is 5.70 Å². The number of benzene rings is 1. The van der Waals surface area contributed by atoms with Crippen molar-refractivity contribution in [2.75, 3.05) is 0 Å². The Morgan fingerprint density at radius 2 is 2.00 bits per heavy atom. The molecule has 1 fully saturated rings. The van der Waals surface area contributed by atoms with E-state index in [9.17, 15) is 22.8 Å².